The summed E-state index contributed by atoms with van der Waals surface area (Å²) in [6, 6.07) is 9.71. The number of aryl methyl sites for hydroxylation is 1. The van der Waals surface area contributed by atoms with Gasteiger partial charge in [0, 0.05) is 18.3 Å². The van der Waals surface area contributed by atoms with E-state index in [9.17, 15) is 14.7 Å². The number of carbonyl (C=O) groups excluding carboxylic acids is 2. The molecule has 0 saturated heterocycles. The topological polar surface area (TPSA) is 66.8 Å². The first kappa shape index (κ1) is 16.8. The lowest BCUT2D eigenvalue weighted by molar-refractivity contribution is -0.134. The molecule has 1 aromatic rings. The average molecular weight is 337 g/mol. The molecule has 128 valence electrons. The molecule has 5 nitrogen and oxygen atoms in total. The molecule has 25 heavy (non-hydrogen) atoms. The molecule has 0 saturated carbocycles. The van der Waals surface area contributed by atoms with Crippen molar-refractivity contribution in [2.75, 3.05) is 0 Å². The predicted octanol–water partition coefficient (Wildman–Crippen LogP) is 3.17. The number of hydrogen-bond donors (Lipinski definition) is 1. The maximum absolute atomic E-state index is 12.6. The van der Waals surface area contributed by atoms with E-state index in [1.165, 1.54) is 4.90 Å². The number of ether oxygens (including phenoxy) is 1. The lowest BCUT2D eigenvalue weighted by atomic mass is 9.98. The van der Waals surface area contributed by atoms with Gasteiger partial charge in [0.1, 0.15) is 5.76 Å². The van der Waals surface area contributed by atoms with Gasteiger partial charge in [-0.3, -0.25) is 14.5 Å². The summed E-state index contributed by atoms with van der Waals surface area (Å²) in [7, 11) is 0. The molecule has 3 rings (SSSR count). The lowest BCUT2D eigenvalue weighted by Crippen LogP contribution is -2.32. The third-order valence-corrected chi connectivity index (χ3v) is 4.26. The van der Waals surface area contributed by atoms with E-state index in [2.05, 4.69) is 0 Å². The second-order valence-corrected chi connectivity index (χ2v) is 5.82. The third-order valence-electron chi connectivity index (χ3n) is 4.26. The van der Waals surface area contributed by atoms with Crippen molar-refractivity contribution >= 4 is 12.4 Å². The largest absolute Gasteiger partial charge is 0.508 e. The van der Waals surface area contributed by atoms with E-state index in [1.54, 1.807) is 12.3 Å². The van der Waals surface area contributed by atoms with Crippen molar-refractivity contribution in [3.63, 3.8) is 0 Å². The Kier molecular flexibility index (Phi) is 5.14. The number of fused-ring (bicyclic) bond motifs is 1. The third kappa shape index (κ3) is 3.71. The summed E-state index contributed by atoms with van der Waals surface area (Å²) in [5.74, 6) is -0.471. The van der Waals surface area contributed by atoms with Crippen molar-refractivity contribution < 1.29 is 19.4 Å². The number of rotatable bonds is 6. The van der Waals surface area contributed by atoms with Crippen LogP contribution in [-0.2, 0) is 20.7 Å². The fourth-order valence-corrected chi connectivity index (χ4v) is 2.93. The summed E-state index contributed by atoms with van der Waals surface area (Å²) in [5.41, 5.74) is 2.10. The van der Waals surface area contributed by atoms with Crippen LogP contribution in [-0.4, -0.2) is 28.5 Å². The monoisotopic (exact) mass is 337 g/mol. The second-order valence-electron chi connectivity index (χ2n) is 5.82. The van der Waals surface area contributed by atoms with Crippen LogP contribution in [0.25, 0.3) is 0 Å². The summed E-state index contributed by atoms with van der Waals surface area (Å²) in [4.78, 5) is 24.9. The Balaban J connectivity index is 1.80. The number of aliphatic hydroxyl groups is 1. The Morgan fingerprint density at radius 2 is 2.08 bits per heavy atom. The molecule has 1 amide bonds. The van der Waals surface area contributed by atoms with E-state index >= 15 is 0 Å². The standard InChI is InChI=1S/C20H19NO4/c22-14-25-18(12-9-15-6-2-1-3-7-15)19(23)17-11-10-16-8-4-5-13-21(16)20(17)24/h1-8,10,13-14,18,23H,9,11-12H2. The van der Waals surface area contributed by atoms with Crippen molar-refractivity contribution in [1.82, 2.24) is 4.90 Å². The number of hydrogen-bond acceptors (Lipinski definition) is 4. The van der Waals surface area contributed by atoms with Gasteiger partial charge >= 0.3 is 0 Å². The molecule has 0 fully saturated rings. The molecule has 0 radical (unpaired) electrons. The van der Waals surface area contributed by atoms with Gasteiger partial charge in [-0.25, -0.2) is 0 Å². The molecule has 2 heterocycles. The zero-order chi connectivity index (χ0) is 17.6. The highest BCUT2D eigenvalue weighted by Crippen LogP contribution is 2.28. The first-order valence-corrected chi connectivity index (χ1v) is 8.14. The molecule has 5 heteroatoms. The van der Waals surface area contributed by atoms with Crippen LogP contribution in [0.5, 0.6) is 0 Å². The quantitative estimate of drug-likeness (QED) is 0.492. The highest BCUT2D eigenvalue weighted by Gasteiger charge is 2.30. The van der Waals surface area contributed by atoms with E-state index in [-0.39, 0.29) is 17.2 Å². The molecule has 2 aliphatic rings. The molecule has 0 spiro atoms. The Morgan fingerprint density at radius 1 is 1.28 bits per heavy atom. The number of allylic oxidation sites excluding steroid dienone is 4. The molecule has 1 unspecified atom stereocenters. The second kappa shape index (κ2) is 7.66. The number of nitrogens with zero attached hydrogens (tertiary/aromatic N) is 1. The molecular formula is C20H19NO4. The van der Waals surface area contributed by atoms with Crippen molar-refractivity contribution in [2.45, 2.75) is 25.4 Å². The highest BCUT2D eigenvalue weighted by molar-refractivity contribution is 5.97. The SMILES string of the molecule is O=COC(CCc1ccccc1)C(O)=C1CC=C2C=CC=CN2C1=O. The molecule has 0 aliphatic carbocycles. The molecule has 1 N–H and O–H groups in total. The van der Waals surface area contributed by atoms with E-state index in [0.29, 0.717) is 25.7 Å². The van der Waals surface area contributed by atoms with Crippen LogP contribution in [0.15, 0.2) is 77.9 Å². The van der Waals surface area contributed by atoms with Gasteiger partial charge in [-0.1, -0.05) is 42.5 Å². The molecular weight excluding hydrogens is 318 g/mol. The lowest BCUT2D eigenvalue weighted by Gasteiger charge is -2.28. The molecule has 1 atom stereocenters. The van der Waals surface area contributed by atoms with Crippen LogP contribution in [0, 0.1) is 0 Å². The van der Waals surface area contributed by atoms with Gasteiger partial charge < -0.3 is 9.84 Å². The van der Waals surface area contributed by atoms with Gasteiger partial charge in [0.25, 0.3) is 12.4 Å². The zero-order valence-electron chi connectivity index (χ0n) is 13.7. The minimum Gasteiger partial charge on any atom is -0.508 e. The summed E-state index contributed by atoms with van der Waals surface area (Å²) >= 11 is 0. The van der Waals surface area contributed by atoms with E-state index in [4.69, 9.17) is 4.74 Å². The smallest absolute Gasteiger partial charge is 0.293 e. The minimum atomic E-state index is -0.837. The van der Waals surface area contributed by atoms with Crippen LogP contribution in [0.2, 0.25) is 0 Å². The zero-order valence-corrected chi connectivity index (χ0v) is 13.7. The van der Waals surface area contributed by atoms with E-state index in [1.807, 2.05) is 48.6 Å². The molecule has 2 aliphatic heterocycles. The van der Waals surface area contributed by atoms with Gasteiger partial charge in [-0.15, -0.1) is 0 Å². The van der Waals surface area contributed by atoms with Crippen LogP contribution in [0.4, 0.5) is 0 Å². The van der Waals surface area contributed by atoms with E-state index < -0.39 is 6.10 Å². The number of amides is 1. The molecule has 0 bridgehead atoms. The van der Waals surface area contributed by atoms with Crippen LogP contribution < -0.4 is 0 Å². The van der Waals surface area contributed by atoms with Gasteiger partial charge in [0.05, 0.1) is 5.57 Å². The van der Waals surface area contributed by atoms with Crippen molar-refractivity contribution in [1.29, 1.82) is 0 Å². The Bertz CT molecular complexity index is 774. The number of benzene rings is 1. The van der Waals surface area contributed by atoms with Gasteiger partial charge in [-0.05, 0) is 30.6 Å². The highest BCUT2D eigenvalue weighted by atomic mass is 16.5. The van der Waals surface area contributed by atoms with Crippen molar-refractivity contribution in [3.8, 4) is 0 Å². The fourth-order valence-electron chi connectivity index (χ4n) is 2.93. The first-order chi connectivity index (χ1) is 12.2. The van der Waals surface area contributed by atoms with Crippen LogP contribution in [0.3, 0.4) is 0 Å². The summed E-state index contributed by atoms with van der Waals surface area (Å²) in [5, 5.41) is 10.6. The minimum absolute atomic E-state index is 0.175. The molecule has 1 aromatic carbocycles. The summed E-state index contributed by atoms with van der Waals surface area (Å²) in [6.45, 7) is 0.310. The van der Waals surface area contributed by atoms with Crippen molar-refractivity contribution in [2.24, 2.45) is 0 Å². The molecule has 0 aromatic heterocycles. The summed E-state index contributed by atoms with van der Waals surface area (Å²) in [6.07, 6.45) is 9.44. The van der Waals surface area contributed by atoms with Crippen molar-refractivity contribution in [3.05, 3.63) is 83.4 Å². The van der Waals surface area contributed by atoms with Crippen LogP contribution >= 0.6 is 0 Å². The van der Waals surface area contributed by atoms with Crippen LogP contribution in [0.1, 0.15) is 18.4 Å². The first-order valence-electron chi connectivity index (χ1n) is 8.14. The number of aliphatic hydroxyl groups excluding tert-OH is 1. The Hall–Kier alpha value is -3.08. The van der Waals surface area contributed by atoms with Gasteiger partial charge in [0.2, 0.25) is 0 Å². The summed E-state index contributed by atoms with van der Waals surface area (Å²) < 4.78 is 5.05. The fraction of sp³-hybridized carbons (Fsp3) is 0.200. The van der Waals surface area contributed by atoms with Gasteiger partial charge in [0.15, 0.2) is 6.10 Å². The average Bonchev–Trinajstić information content (AvgIpc) is 2.66. The Morgan fingerprint density at radius 3 is 2.84 bits per heavy atom. The normalized spacial score (nSPS) is 19.1. The Labute approximate surface area is 146 Å². The maximum Gasteiger partial charge on any atom is 0.293 e. The maximum atomic E-state index is 12.6. The van der Waals surface area contributed by atoms with Gasteiger partial charge in [-0.2, -0.15) is 0 Å². The number of carbonyl (C=O) groups is 2. The predicted molar refractivity (Wildman–Crippen MR) is 93.2 cm³/mol. The van der Waals surface area contributed by atoms with E-state index in [0.717, 1.165) is 11.3 Å².